The molecule has 0 saturated heterocycles. The molecule has 1 atom stereocenters. The van der Waals surface area contributed by atoms with Crippen molar-refractivity contribution in [3.05, 3.63) is 78.2 Å². The molecule has 1 aliphatic carbocycles. The monoisotopic (exact) mass is 539 g/mol. The van der Waals surface area contributed by atoms with Gasteiger partial charge in [0.15, 0.2) is 6.04 Å². The first-order valence-corrected chi connectivity index (χ1v) is 13.9. The molecule has 37 heavy (non-hydrogen) atoms. The van der Waals surface area contributed by atoms with E-state index in [2.05, 4.69) is 15.3 Å². The standard InChI is InChI=1S/C25H25N5O5S2/c1-35-20-9-5-17(6-10-20)14-22(25(31)32)29-15-18(27-28-29)16-30(19-7-8-19)37(33,34)24-12-11-23(36-24)21-4-2-3-13-26-21/h2-6,9-13,15,19,22H,7-8,14,16H2,1H3,(H,31,32)/t22-/m0/s1. The van der Waals surface area contributed by atoms with Crippen LogP contribution in [0.15, 0.2) is 71.2 Å². The number of aliphatic carboxylic acids is 1. The number of hydrogen-bond donors (Lipinski definition) is 1. The Morgan fingerprint density at radius 1 is 1.19 bits per heavy atom. The van der Waals surface area contributed by atoms with Crippen LogP contribution in [-0.4, -0.2) is 56.9 Å². The van der Waals surface area contributed by atoms with Gasteiger partial charge in [0, 0.05) is 18.7 Å². The van der Waals surface area contributed by atoms with Gasteiger partial charge in [-0.2, -0.15) is 4.31 Å². The van der Waals surface area contributed by atoms with Crippen LogP contribution >= 0.6 is 11.3 Å². The van der Waals surface area contributed by atoms with Gasteiger partial charge in [0.2, 0.25) is 0 Å². The number of thiophene rings is 1. The Hall–Kier alpha value is -3.61. The summed E-state index contributed by atoms with van der Waals surface area (Å²) < 4.78 is 35.2. The molecule has 1 saturated carbocycles. The van der Waals surface area contributed by atoms with E-state index in [1.165, 1.54) is 26.5 Å². The zero-order valence-corrected chi connectivity index (χ0v) is 21.6. The molecule has 1 N–H and O–H groups in total. The molecule has 0 radical (unpaired) electrons. The van der Waals surface area contributed by atoms with Crippen molar-refractivity contribution in [1.82, 2.24) is 24.3 Å². The number of carboxylic acid groups (broad SMARTS) is 1. The maximum absolute atomic E-state index is 13.6. The summed E-state index contributed by atoms with van der Waals surface area (Å²) in [5.74, 6) is -0.377. The van der Waals surface area contributed by atoms with Gasteiger partial charge in [-0.05, 0) is 54.8 Å². The van der Waals surface area contributed by atoms with Gasteiger partial charge < -0.3 is 9.84 Å². The van der Waals surface area contributed by atoms with E-state index < -0.39 is 22.0 Å². The minimum atomic E-state index is -3.79. The predicted octanol–water partition coefficient (Wildman–Crippen LogP) is 3.63. The molecule has 1 fully saturated rings. The minimum Gasteiger partial charge on any atom is -0.497 e. The quantitative estimate of drug-likeness (QED) is 0.306. The highest BCUT2D eigenvalue weighted by Gasteiger charge is 2.39. The third-order valence-corrected chi connectivity index (χ3v) is 9.56. The number of aromatic nitrogens is 4. The highest BCUT2D eigenvalue weighted by Crippen LogP contribution is 2.37. The number of benzene rings is 1. The van der Waals surface area contributed by atoms with Gasteiger partial charge in [0.1, 0.15) is 9.96 Å². The lowest BCUT2D eigenvalue weighted by atomic mass is 10.1. The Kier molecular flexibility index (Phi) is 7.04. The molecule has 0 aliphatic heterocycles. The average Bonchev–Trinajstić information content (AvgIpc) is 3.41. The predicted molar refractivity (Wildman–Crippen MR) is 137 cm³/mol. The summed E-state index contributed by atoms with van der Waals surface area (Å²) in [4.78, 5) is 17.1. The van der Waals surface area contributed by atoms with Crippen molar-refractivity contribution in [2.75, 3.05) is 7.11 Å². The Labute approximate surface area is 218 Å². The first kappa shape index (κ1) is 25.1. The third kappa shape index (κ3) is 5.55. The number of rotatable bonds is 11. The summed E-state index contributed by atoms with van der Waals surface area (Å²) in [6, 6.07) is 14.9. The number of carbonyl (C=O) groups is 1. The number of hydrogen-bond acceptors (Lipinski definition) is 8. The van der Waals surface area contributed by atoms with Crippen molar-refractivity contribution in [3.63, 3.8) is 0 Å². The largest absolute Gasteiger partial charge is 0.497 e. The second-order valence-electron chi connectivity index (χ2n) is 8.71. The van der Waals surface area contributed by atoms with Crippen molar-refractivity contribution in [3.8, 4) is 16.3 Å². The molecular formula is C25H25N5O5S2. The van der Waals surface area contributed by atoms with Crippen molar-refractivity contribution >= 4 is 27.3 Å². The van der Waals surface area contributed by atoms with Crippen LogP contribution in [0.1, 0.15) is 30.1 Å². The number of ether oxygens (including phenoxy) is 1. The van der Waals surface area contributed by atoms with Crippen LogP contribution in [-0.2, 0) is 27.8 Å². The van der Waals surface area contributed by atoms with E-state index in [1.54, 1.807) is 49.7 Å². The Morgan fingerprint density at radius 3 is 2.62 bits per heavy atom. The maximum atomic E-state index is 13.6. The smallest absolute Gasteiger partial charge is 0.328 e. The number of methoxy groups -OCH3 is 1. The highest BCUT2D eigenvalue weighted by molar-refractivity contribution is 7.91. The average molecular weight is 540 g/mol. The Bertz CT molecular complexity index is 1480. The fraction of sp³-hybridized carbons (Fsp3) is 0.280. The fourth-order valence-electron chi connectivity index (χ4n) is 3.97. The van der Waals surface area contributed by atoms with E-state index in [1.807, 2.05) is 18.2 Å². The van der Waals surface area contributed by atoms with Crippen LogP contribution in [0, 0.1) is 0 Å². The summed E-state index contributed by atoms with van der Waals surface area (Å²) in [5.41, 5.74) is 1.90. The van der Waals surface area contributed by atoms with Crippen LogP contribution < -0.4 is 4.74 Å². The van der Waals surface area contributed by atoms with E-state index in [0.29, 0.717) is 17.1 Å². The van der Waals surface area contributed by atoms with E-state index in [-0.39, 0.29) is 23.2 Å². The Morgan fingerprint density at radius 2 is 1.97 bits per heavy atom. The second kappa shape index (κ2) is 10.4. The Balaban J connectivity index is 1.35. The van der Waals surface area contributed by atoms with E-state index >= 15 is 0 Å². The summed E-state index contributed by atoms with van der Waals surface area (Å²) in [7, 11) is -2.22. The normalized spacial score (nSPS) is 14.5. The van der Waals surface area contributed by atoms with Gasteiger partial charge in [-0.25, -0.2) is 17.9 Å². The van der Waals surface area contributed by atoms with Crippen LogP contribution in [0.25, 0.3) is 10.6 Å². The summed E-state index contributed by atoms with van der Waals surface area (Å²) in [6.07, 6.45) is 4.91. The summed E-state index contributed by atoms with van der Waals surface area (Å²) >= 11 is 1.17. The lowest BCUT2D eigenvalue weighted by Gasteiger charge is -2.19. The molecule has 0 unspecified atom stereocenters. The van der Waals surface area contributed by atoms with Crippen molar-refractivity contribution in [2.45, 2.75) is 42.1 Å². The van der Waals surface area contributed by atoms with E-state index in [0.717, 1.165) is 23.3 Å². The van der Waals surface area contributed by atoms with Crippen molar-refractivity contribution < 1.29 is 23.1 Å². The summed E-state index contributed by atoms with van der Waals surface area (Å²) in [5, 5.41) is 18.0. The molecule has 5 rings (SSSR count). The van der Waals surface area contributed by atoms with Gasteiger partial charge in [0.25, 0.3) is 10.0 Å². The van der Waals surface area contributed by atoms with Crippen molar-refractivity contribution in [1.29, 1.82) is 0 Å². The molecule has 0 bridgehead atoms. The van der Waals surface area contributed by atoms with Crippen molar-refractivity contribution in [2.24, 2.45) is 0 Å². The van der Waals surface area contributed by atoms with E-state index in [4.69, 9.17) is 4.74 Å². The summed E-state index contributed by atoms with van der Waals surface area (Å²) in [6.45, 7) is 0.0126. The van der Waals surface area contributed by atoms with Gasteiger partial charge >= 0.3 is 5.97 Å². The molecule has 192 valence electrons. The van der Waals surface area contributed by atoms with Gasteiger partial charge in [-0.15, -0.1) is 16.4 Å². The zero-order chi connectivity index (χ0) is 26.0. The first-order valence-electron chi connectivity index (χ1n) is 11.6. The number of pyridine rings is 1. The molecule has 3 heterocycles. The number of nitrogens with zero attached hydrogens (tertiary/aromatic N) is 5. The fourth-order valence-corrected chi connectivity index (χ4v) is 7.04. The number of carboxylic acids is 1. The SMILES string of the molecule is COc1ccc(C[C@@H](C(=O)O)n2cc(CN(C3CC3)S(=O)(=O)c3ccc(-c4ccccn4)s3)nn2)cc1. The van der Waals surface area contributed by atoms with Gasteiger partial charge in [-0.3, -0.25) is 4.98 Å². The van der Waals surface area contributed by atoms with Gasteiger partial charge in [0.05, 0.1) is 36.1 Å². The lowest BCUT2D eigenvalue weighted by molar-refractivity contribution is -0.141. The lowest BCUT2D eigenvalue weighted by Crippen LogP contribution is -2.32. The van der Waals surface area contributed by atoms with Crippen LogP contribution in [0.4, 0.5) is 0 Å². The first-order chi connectivity index (χ1) is 17.8. The highest BCUT2D eigenvalue weighted by atomic mass is 32.2. The molecular weight excluding hydrogens is 514 g/mol. The molecule has 1 aliphatic rings. The zero-order valence-electron chi connectivity index (χ0n) is 20.0. The minimum absolute atomic E-state index is 0.0126. The topological polar surface area (TPSA) is 128 Å². The van der Waals surface area contributed by atoms with E-state index in [9.17, 15) is 18.3 Å². The second-order valence-corrected chi connectivity index (χ2v) is 11.9. The molecule has 10 nitrogen and oxygen atoms in total. The molecule has 1 aromatic carbocycles. The third-order valence-electron chi connectivity index (χ3n) is 6.08. The maximum Gasteiger partial charge on any atom is 0.328 e. The van der Waals surface area contributed by atoms with Crippen LogP contribution in [0.3, 0.4) is 0 Å². The molecule has 0 amide bonds. The molecule has 3 aromatic heterocycles. The molecule has 12 heteroatoms. The van der Waals surface area contributed by atoms with Crippen LogP contribution in [0.2, 0.25) is 0 Å². The number of sulfonamides is 1. The van der Waals surface area contributed by atoms with Gasteiger partial charge in [-0.1, -0.05) is 23.4 Å². The van der Waals surface area contributed by atoms with Crippen LogP contribution in [0.5, 0.6) is 5.75 Å². The molecule has 4 aromatic rings. The molecule has 0 spiro atoms.